The second kappa shape index (κ2) is 32.1. The van der Waals surface area contributed by atoms with Crippen LogP contribution in [0.5, 0.6) is 0 Å². The molecule has 0 spiro atoms. The molecule has 10 heavy (non-hydrogen) atoms. The van der Waals surface area contributed by atoms with Crippen molar-refractivity contribution in [3.63, 3.8) is 0 Å². The average Bonchev–Trinajstić information content (AvgIpc) is 1.71. The standard InChI is InChI=1S/C4H10N.C2H6N.2Li/c1-3-5-4-2;1-3-2;;/h3-4H2,1-2H3;1-2H3;;/q2*-1;2*+1. The third-order valence-corrected chi connectivity index (χ3v) is 0.447. The van der Waals surface area contributed by atoms with E-state index in [0.717, 1.165) is 13.1 Å². The van der Waals surface area contributed by atoms with E-state index in [-0.39, 0.29) is 37.7 Å². The zero-order chi connectivity index (χ0) is 6.83. The van der Waals surface area contributed by atoms with Crippen LogP contribution in [0, 0.1) is 0 Å². The molecular weight excluding hydrogens is 114 g/mol. The van der Waals surface area contributed by atoms with Gasteiger partial charge in [-0.1, -0.05) is 13.8 Å². The first-order chi connectivity index (χ1) is 3.83. The molecule has 0 heterocycles. The molecule has 0 unspecified atom stereocenters. The van der Waals surface area contributed by atoms with Gasteiger partial charge >= 0.3 is 37.7 Å². The summed E-state index contributed by atoms with van der Waals surface area (Å²) in [5.74, 6) is 0. The minimum absolute atomic E-state index is 0. The summed E-state index contributed by atoms with van der Waals surface area (Å²) in [6, 6.07) is 0. The van der Waals surface area contributed by atoms with Gasteiger partial charge in [0.25, 0.3) is 0 Å². The fourth-order valence-electron chi connectivity index (χ4n) is 0.224. The Balaban J connectivity index is -0.0000000326. The number of nitrogens with zero attached hydrogens (tertiary/aromatic N) is 2. The zero-order valence-corrected chi connectivity index (χ0v) is 8.31. The number of hydrogen-bond acceptors (Lipinski definition) is 0. The molecule has 0 aromatic rings. The van der Waals surface area contributed by atoms with Crippen molar-refractivity contribution in [2.24, 2.45) is 0 Å². The fraction of sp³-hybridized carbons (Fsp3) is 1.00. The van der Waals surface area contributed by atoms with Gasteiger partial charge < -0.3 is 10.6 Å². The number of rotatable bonds is 2. The van der Waals surface area contributed by atoms with Crippen LogP contribution < -0.4 is 37.7 Å². The number of hydrogen-bond donors (Lipinski definition) is 0. The van der Waals surface area contributed by atoms with Gasteiger partial charge in [0.05, 0.1) is 0 Å². The van der Waals surface area contributed by atoms with Gasteiger partial charge in [-0.05, 0) is 0 Å². The van der Waals surface area contributed by atoms with Crippen molar-refractivity contribution in [3.05, 3.63) is 10.6 Å². The molecule has 2 nitrogen and oxygen atoms in total. The molecule has 52 valence electrons. The van der Waals surface area contributed by atoms with Crippen molar-refractivity contribution in [3.8, 4) is 0 Å². The van der Waals surface area contributed by atoms with E-state index in [1.807, 2.05) is 13.8 Å². The summed E-state index contributed by atoms with van der Waals surface area (Å²) < 4.78 is 0. The Labute approximate surface area is 89.3 Å². The normalized spacial score (nSPS) is 6.00. The molecule has 0 aliphatic heterocycles. The van der Waals surface area contributed by atoms with Crippen molar-refractivity contribution in [2.45, 2.75) is 13.8 Å². The molecule has 0 saturated carbocycles. The van der Waals surface area contributed by atoms with Gasteiger partial charge in [0.2, 0.25) is 0 Å². The first-order valence-corrected chi connectivity index (χ1v) is 2.94. The third-order valence-electron chi connectivity index (χ3n) is 0.447. The summed E-state index contributed by atoms with van der Waals surface area (Å²) in [6.45, 7) is 6.03. The topological polar surface area (TPSA) is 28.2 Å². The SMILES string of the molecule is CC[N-]CC.C[N-]C.[Li+].[Li+]. The maximum atomic E-state index is 3.97. The van der Waals surface area contributed by atoms with Crippen LogP contribution in [0.25, 0.3) is 10.6 Å². The van der Waals surface area contributed by atoms with Crippen LogP contribution in [-0.2, 0) is 0 Å². The molecule has 0 amide bonds. The van der Waals surface area contributed by atoms with Crippen molar-refractivity contribution in [2.75, 3.05) is 27.2 Å². The van der Waals surface area contributed by atoms with Gasteiger partial charge in [0.15, 0.2) is 0 Å². The van der Waals surface area contributed by atoms with Gasteiger partial charge in [-0.15, -0.1) is 0 Å². The third kappa shape index (κ3) is 61.9. The van der Waals surface area contributed by atoms with Crippen molar-refractivity contribution < 1.29 is 37.7 Å². The molecule has 0 aromatic heterocycles. The van der Waals surface area contributed by atoms with Gasteiger partial charge in [0, 0.05) is 0 Å². The van der Waals surface area contributed by atoms with E-state index in [2.05, 4.69) is 10.6 Å². The average molecular weight is 130 g/mol. The smallest absolute Gasteiger partial charge is 0.668 e. The minimum Gasteiger partial charge on any atom is -0.668 e. The van der Waals surface area contributed by atoms with E-state index in [1.54, 1.807) is 14.1 Å². The van der Waals surface area contributed by atoms with Crippen molar-refractivity contribution in [1.82, 2.24) is 0 Å². The van der Waals surface area contributed by atoms with Crippen LogP contribution in [0.3, 0.4) is 0 Å². The second-order valence-corrected chi connectivity index (χ2v) is 1.30. The van der Waals surface area contributed by atoms with Crippen LogP contribution in [0.1, 0.15) is 13.8 Å². The summed E-state index contributed by atoms with van der Waals surface area (Å²) >= 11 is 0. The quantitative estimate of drug-likeness (QED) is 0.341. The molecule has 0 atom stereocenters. The van der Waals surface area contributed by atoms with Crippen molar-refractivity contribution >= 4 is 0 Å². The first kappa shape index (κ1) is 22.5. The Bertz CT molecular complexity index is 27.7. The molecule has 0 N–H and O–H groups in total. The summed E-state index contributed by atoms with van der Waals surface area (Å²) in [6.07, 6.45) is 0. The van der Waals surface area contributed by atoms with Crippen LogP contribution in [-0.4, -0.2) is 27.2 Å². The minimum atomic E-state index is 0. The summed E-state index contributed by atoms with van der Waals surface area (Å²) in [4.78, 5) is 0. The van der Waals surface area contributed by atoms with Gasteiger partial charge in [-0.3, -0.25) is 0 Å². The Hall–Kier alpha value is 1.11. The molecule has 0 bridgehead atoms. The Morgan fingerprint density at radius 1 is 0.900 bits per heavy atom. The molecule has 0 aliphatic carbocycles. The van der Waals surface area contributed by atoms with E-state index in [9.17, 15) is 0 Å². The molecule has 0 radical (unpaired) electrons. The van der Waals surface area contributed by atoms with Crippen LogP contribution in [0.4, 0.5) is 0 Å². The molecule has 0 aromatic carbocycles. The molecule has 4 heteroatoms. The predicted molar refractivity (Wildman–Crippen MR) is 39.6 cm³/mol. The Morgan fingerprint density at radius 2 is 1.10 bits per heavy atom. The van der Waals surface area contributed by atoms with E-state index in [1.165, 1.54) is 0 Å². The molecule has 0 rings (SSSR count). The monoisotopic (exact) mass is 130 g/mol. The molecular formula is C6H16Li2N2. The maximum Gasteiger partial charge on any atom is 1.00 e. The molecule has 0 saturated heterocycles. The van der Waals surface area contributed by atoms with Crippen LogP contribution in [0.2, 0.25) is 0 Å². The second-order valence-electron chi connectivity index (χ2n) is 1.30. The Morgan fingerprint density at radius 3 is 1.10 bits per heavy atom. The largest absolute Gasteiger partial charge is 1.00 e. The summed E-state index contributed by atoms with van der Waals surface area (Å²) in [7, 11) is 3.50. The van der Waals surface area contributed by atoms with E-state index < -0.39 is 0 Å². The Kier molecular flexibility index (Phi) is 72.2. The zero-order valence-electron chi connectivity index (χ0n) is 8.31. The van der Waals surface area contributed by atoms with Gasteiger partial charge in [-0.2, -0.15) is 27.2 Å². The first-order valence-electron chi connectivity index (χ1n) is 2.94. The summed E-state index contributed by atoms with van der Waals surface area (Å²) in [5, 5.41) is 7.47. The van der Waals surface area contributed by atoms with Crippen LogP contribution in [0.15, 0.2) is 0 Å². The fourth-order valence-corrected chi connectivity index (χ4v) is 0.224. The predicted octanol–water partition coefficient (Wildman–Crippen LogP) is -3.97. The van der Waals surface area contributed by atoms with E-state index in [4.69, 9.17) is 0 Å². The van der Waals surface area contributed by atoms with Crippen molar-refractivity contribution in [1.29, 1.82) is 0 Å². The van der Waals surface area contributed by atoms with Crippen LogP contribution >= 0.6 is 0 Å². The van der Waals surface area contributed by atoms with E-state index in [0.29, 0.717) is 0 Å². The molecule has 0 aliphatic rings. The molecule has 0 fully saturated rings. The van der Waals surface area contributed by atoms with Gasteiger partial charge in [0.1, 0.15) is 0 Å². The maximum absolute atomic E-state index is 3.97. The van der Waals surface area contributed by atoms with Gasteiger partial charge in [-0.25, -0.2) is 0 Å². The summed E-state index contributed by atoms with van der Waals surface area (Å²) in [5.41, 5.74) is 0. The van der Waals surface area contributed by atoms with E-state index >= 15 is 0 Å².